The predicted molar refractivity (Wildman–Crippen MR) is 127 cm³/mol. The van der Waals surface area contributed by atoms with Gasteiger partial charge in [-0.3, -0.25) is 4.55 Å². The largest absolute Gasteiger partial charge is 0.454 e. The fraction of sp³-hybridized carbons (Fsp3) is 0.0500. The first-order chi connectivity index (χ1) is 15.0. The molecule has 0 bridgehead atoms. The lowest BCUT2D eigenvalue weighted by molar-refractivity contribution is 0.262. The van der Waals surface area contributed by atoms with Gasteiger partial charge in [0, 0.05) is 15.7 Å². The Morgan fingerprint density at radius 2 is 1.56 bits per heavy atom. The van der Waals surface area contributed by atoms with E-state index in [2.05, 4.69) is 10.6 Å². The van der Waals surface area contributed by atoms with E-state index >= 15 is 0 Å². The third-order valence-corrected chi connectivity index (χ3v) is 6.13. The van der Waals surface area contributed by atoms with Crippen LogP contribution in [0.5, 0.6) is 11.5 Å². The predicted octanol–water partition coefficient (Wildman–Crippen LogP) is 7.29. The fourth-order valence-corrected chi connectivity index (χ4v) is 4.34. The van der Waals surface area contributed by atoms with Gasteiger partial charge in [-0.25, -0.2) is 4.79 Å². The van der Waals surface area contributed by atoms with E-state index in [0.29, 0.717) is 21.3 Å². The van der Waals surface area contributed by atoms with Crippen molar-refractivity contribution in [2.75, 3.05) is 10.6 Å². The molecule has 0 fully saturated rings. The first-order valence-corrected chi connectivity index (χ1v) is 11.7. The molecule has 0 aromatic heterocycles. The first-order valence-electron chi connectivity index (χ1n) is 8.73. The summed E-state index contributed by atoms with van der Waals surface area (Å²) in [6.07, 6.45) is 0. The normalized spacial score (nSPS) is 11.2. The molecule has 0 aliphatic rings. The van der Waals surface area contributed by atoms with E-state index in [9.17, 15) is 17.8 Å². The second kappa shape index (κ2) is 9.74. The number of anilines is 2. The Balaban J connectivity index is 1.98. The van der Waals surface area contributed by atoms with Gasteiger partial charge in [-0.1, -0.05) is 46.4 Å². The van der Waals surface area contributed by atoms with Gasteiger partial charge in [-0.15, -0.1) is 0 Å². The number of carbonyl (C=O) groups is 1. The van der Waals surface area contributed by atoms with E-state index in [1.807, 2.05) is 0 Å². The van der Waals surface area contributed by atoms with E-state index in [4.69, 9.17) is 51.1 Å². The number of hydrogen-bond acceptors (Lipinski definition) is 4. The van der Waals surface area contributed by atoms with Gasteiger partial charge in [0.25, 0.3) is 10.1 Å². The van der Waals surface area contributed by atoms with Crippen LogP contribution in [0.1, 0.15) is 5.56 Å². The van der Waals surface area contributed by atoms with Gasteiger partial charge in [-0.2, -0.15) is 8.42 Å². The van der Waals surface area contributed by atoms with Gasteiger partial charge >= 0.3 is 6.03 Å². The van der Waals surface area contributed by atoms with E-state index in [1.165, 1.54) is 24.3 Å². The van der Waals surface area contributed by atoms with Crippen LogP contribution in [0.4, 0.5) is 16.2 Å². The summed E-state index contributed by atoms with van der Waals surface area (Å²) in [5.41, 5.74) is 1.05. The zero-order valence-electron chi connectivity index (χ0n) is 16.1. The number of benzene rings is 3. The summed E-state index contributed by atoms with van der Waals surface area (Å²) in [5.74, 6) is -0.255. The lowest BCUT2D eigenvalue weighted by Crippen LogP contribution is -2.20. The summed E-state index contributed by atoms with van der Waals surface area (Å²) in [7, 11) is -4.77. The quantitative estimate of drug-likeness (QED) is 0.297. The number of ether oxygens (including phenoxy) is 1. The van der Waals surface area contributed by atoms with Gasteiger partial charge in [-0.05, 0) is 61.0 Å². The number of rotatable bonds is 5. The Hall–Kier alpha value is -2.20. The minimum Gasteiger partial charge on any atom is -0.454 e. The standard InChI is InChI=1S/C20H14Cl4N2O5S/c1-10-8-12(22)4-7-15(10)25-20(27)26-18-14(23)9-16(32(28,29)30)19(17(18)24)31-13-5-2-11(21)3-6-13/h2-9H,1H3,(H2,25,26,27)(H,28,29,30). The van der Waals surface area contributed by atoms with Crippen molar-refractivity contribution in [3.63, 3.8) is 0 Å². The van der Waals surface area contributed by atoms with Crippen LogP contribution in [0.25, 0.3) is 0 Å². The van der Waals surface area contributed by atoms with E-state index in [-0.39, 0.29) is 21.5 Å². The number of nitrogens with one attached hydrogen (secondary N) is 2. The Kier molecular flexibility index (Phi) is 7.44. The highest BCUT2D eigenvalue weighted by Gasteiger charge is 2.26. The molecule has 2 amide bonds. The Morgan fingerprint density at radius 3 is 2.16 bits per heavy atom. The van der Waals surface area contributed by atoms with Crippen molar-refractivity contribution in [2.24, 2.45) is 0 Å². The number of hydrogen-bond donors (Lipinski definition) is 3. The monoisotopic (exact) mass is 534 g/mol. The van der Waals surface area contributed by atoms with Crippen molar-refractivity contribution >= 4 is 73.9 Å². The molecule has 12 heteroatoms. The molecule has 0 heterocycles. The van der Waals surface area contributed by atoms with Crippen LogP contribution < -0.4 is 15.4 Å². The number of urea groups is 1. The molecule has 0 spiro atoms. The molecule has 0 aliphatic heterocycles. The van der Waals surface area contributed by atoms with E-state index in [1.54, 1.807) is 25.1 Å². The van der Waals surface area contributed by atoms with Crippen molar-refractivity contribution in [1.29, 1.82) is 0 Å². The molecule has 0 saturated carbocycles. The van der Waals surface area contributed by atoms with Gasteiger partial charge in [0.15, 0.2) is 5.75 Å². The van der Waals surface area contributed by atoms with Gasteiger partial charge in [0.1, 0.15) is 15.7 Å². The highest BCUT2D eigenvalue weighted by atomic mass is 35.5. The molecule has 0 atom stereocenters. The summed E-state index contributed by atoms with van der Waals surface area (Å²) in [4.78, 5) is 11.8. The van der Waals surface area contributed by atoms with Crippen molar-refractivity contribution in [2.45, 2.75) is 11.8 Å². The Labute approximate surface area is 203 Å². The van der Waals surface area contributed by atoms with Crippen LogP contribution in [-0.2, 0) is 10.1 Å². The van der Waals surface area contributed by atoms with Crippen LogP contribution in [0, 0.1) is 6.92 Å². The third-order valence-electron chi connectivity index (χ3n) is 4.13. The SMILES string of the molecule is Cc1cc(Cl)ccc1NC(=O)Nc1c(Cl)cc(S(=O)(=O)O)c(Oc2ccc(Cl)cc2)c1Cl. The minimum atomic E-state index is -4.77. The summed E-state index contributed by atoms with van der Waals surface area (Å²) < 4.78 is 38.9. The first kappa shape index (κ1) is 24.4. The third kappa shape index (κ3) is 5.78. The smallest absolute Gasteiger partial charge is 0.323 e. The minimum absolute atomic E-state index is 0.131. The highest BCUT2D eigenvalue weighted by Crippen LogP contribution is 2.44. The van der Waals surface area contributed by atoms with Crippen molar-refractivity contribution in [3.05, 3.63) is 74.2 Å². The summed E-state index contributed by atoms with van der Waals surface area (Å²) in [5, 5.41) is 5.41. The molecule has 7 nitrogen and oxygen atoms in total. The number of amides is 2. The van der Waals surface area contributed by atoms with Crippen LogP contribution in [0.15, 0.2) is 53.4 Å². The van der Waals surface area contributed by atoms with Crippen molar-refractivity contribution in [3.8, 4) is 11.5 Å². The van der Waals surface area contributed by atoms with Crippen LogP contribution in [-0.4, -0.2) is 19.0 Å². The lowest BCUT2D eigenvalue weighted by Gasteiger charge is -2.17. The van der Waals surface area contributed by atoms with Crippen LogP contribution in [0.3, 0.4) is 0 Å². The maximum absolute atomic E-state index is 12.5. The Bertz CT molecular complexity index is 1300. The summed E-state index contributed by atoms with van der Waals surface area (Å²) >= 11 is 24.2. The molecule has 3 rings (SSSR count). The second-order valence-electron chi connectivity index (χ2n) is 6.44. The summed E-state index contributed by atoms with van der Waals surface area (Å²) in [6.45, 7) is 1.75. The molecule has 0 aliphatic carbocycles. The number of halogens is 4. The van der Waals surface area contributed by atoms with Gasteiger partial charge < -0.3 is 15.4 Å². The van der Waals surface area contributed by atoms with Gasteiger partial charge in [0.2, 0.25) is 0 Å². The Morgan fingerprint density at radius 1 is 0.938 bits per heavy atom. The average Bonchev–Trinajstić information content (AvgIpc) is 2.70. The van der Waals surface area contributed by atoms with Crippen molar-refractivity contribution in [1.82, 2.24) is 0 Å². The van der Waals surface area contributed by atoms with E-state index in [0.717, 1.165) is 6.07 Å². The van der Waals surface area contributed by atoms with Crippen LogP contribution in [0.2, 0.25) is 20.1 Å². The van der Waals surface area contributed by atoms with Gasteiger partial charge in [0.05, 0.1) is 10.7 Å². The topological polar surface area (TPSA) is 105 Å². The maximum atomic E-state index is 12.5. The molecular weight excluding hydrogens is 522 g/mol. The highest BCUT2D eigenvalue weighted by molar-refractivity contribution is 7.86. The summed E-state index contributed by atoms with van der Waals surface area (Å²) in [6, 6.07) is 11.0. The maximum Gasteiger partial charge on any atom is 0.323 e. The fourth-order valence-electron chi connectivity index (χ4n) is 2.64. The molecule has 3 aromatic carbocycles. The molecule has 3 aromatic rings. The zero-order chi connectivity index (χ0) is 23.6. The number of carbonyl (C=O) groups excluding carboxylic acids is 1. The molecule has 32 heavy (non-hydrogen) atoms. The molecule has 0 saturated heterocycles. The molecule has 0 radical (unpaired) electrons. The molecule has 0 unspecified atom stereocenters. The molecule has 3 N–H and O–H groups in total. The van der Waals surface area contributed by atoms with Crippen LogP contribution >= 0.6 is 46.4 Å². The number of aryl methyl sites for hydroxylation is 1. The zero-order valence-corrected chi connectivity index (χ0v) is 20.0. The second-order valence-corrected chi connectivity index (χ2v) is 9.49. The average molecular weight is 536 g/mol. The molecular formula is C20H14Cl4N2O5S. The molecule has 168 valence electrons. The lowest BCUT2D eigenvalue weighted by atomic mass is 10.2. The van der Waals surface area contributed by atoms with E-state index < -0.39 is 26.8 Å². The van der Waals surface area contributed by atoms with Crippen molar-refractivity contribution < 1.29 is 22.5 Å².